The lowest BCUT2D eigenvalue weighted by atomic mass is 10.1. The van der Waals surface area contributed by atoms with Crippen molar-refractivity contribution < 1.29 is 19.4 Å². The first-order chi connectivity index (χ1) is 6.88. The summed E-state index contributed by atoms with van der Waals surface area (Å²) in [7, 11) is 0. The van der Waals surface area contributed by atoms with Gasteiger partial charge in [-0.2, -0.15) is 4.99 Å². The van der Waals surface area contributed by atoms with E-state index in [1.807, 2.05) is 0 Å². The number of hydrogen-bond acceptors (Lipinski definition) is 4. The van der Waals surface area contributed by atoms with Crippen LogP contribution in [0.4, 0.5) is 4.79 Å². The zero-order valence-corrected chi connectivity index (χ0v) is 9.27. The zero-order chi connectivity index (χ0) is 11.5. The molecule has 5 nitrogen and oxygen atoms in total. The summed E-state index contributed by atoms with van der Waals surface area (Å²) in [5.41, 5.74) is -0.542. The van der Waals surface area contributed by atoms with Crippen LogP contribution in [0.5, 0.6) is 0 Å². The molecule has 2 atom stereocenters. The van der Waals surface area contributed by atoms with Gasteiger partial charge in [-0.3, -0.25) is 0 Å². The molecule has 0 aromatic rings. The number of aliphatic hydroxyl groups excluding tert-OH is 1. The van der Waals surface area contributed by atoms with E-state index in [9.17, 15) is 9.90 Å². The number of carbonyl (C=O) groups excluding carboxylic acids is 1. The lowest BCUT2D eigenvalue weighted by Gasteiger charge is -2.17. The zero-order valence-electron chi connectivity index (χ0n) is 9.27. The van der Waals surface area contributed by atoms with Gasteiger partial charge in [0.2, 0.25) is 0 Å². The van der Waals surface area contributed by atoms with Crippen LogP contribution in [0.3, 0.4) is 0 Å². The third-order valence-electron chi connectivity index (χ3n) is 1.86. The summed E-state index contributed by atoms with van der Waals surface area (Å²) in [5.74, 6) is -0.211. The molecule has 1 saturated heterocycles. The van der Waals surface area contributed by atoms with E-state index in [2.05, 4.69) is 4.99 Å². The molecule has 1 fully saturated rings. The molecular weight excluding hydrogens is 198 g/mol. The monoisotopic (exact) mass is 215 g/mol. The third kappa shape index (κ3) is 4.40. The highest BCUT2D eigenvalue weighted by atomic mass is 16.6. The molecule has 0 saturated carbocycles. The van der Waals surface area contributed by atoms with Crippen LogP contribution in [0.1, 0.15) is 20.8 Å². The molecule has 0 aromatic heterocycles. The van der Waals surface area contributed by atoms with Gasteiger partial charge in [-0.25, -0.2) is 4.79 Å². The molecule has 1 N–H and O–H groups in total. The van der Waals surface area contributed by atoms with Gasteiger partial charge in [0.25, 0.3) is 0 Å². The van der Waals surface area contributed by atoms with Gasteiger partial charge in [0.1, 0.15) is 5.60 Å². The molecule has 86 valence electrons. The maximum atomic E-state index is 11.2. The molecule has 1 rings (SSSR count). The summed E-state index contributed by atoms with van der Waals surface area (Å²) < 4.78 is 9.98. The predicted octanol–water partition coefficient (Wildman–Crippen LogP) is 1.000. The molecule has 1 amide bonds. The molecule has 0 aliphatic carbocycles. The van der Waals surface area contributed by atoms with Crippen LogP contribution < -0.4 is 0 Å². The Labute approximate surface area is 89.1 Å². The van der Waals surface area contributed by atoms with Gasteiger partial charge in [0.05, 0.1) is 19.3 Å². The summed E-state index contributed by atoms with van der Waals surface area (Å²) in [5, 5.41) is 9.37. The normalized spacial score (nSPS) is 27.2. The molecule has 0 aromatic carbocycles. The van der Waals surface area contributed by atoms with Crippen molar-refractivity contribution in [1.82, 2.24) is 0 Å². The fourth-order valence-electron chi connectivity index (χ4n) is 1.15. The van der Waals surface area contributed by atoms with Gasteiger partial charge in [0, 0.05) is 12.1 Å². The Balaban J connectivity index is 2.40. The fourth-order valence-corrected chi connectivity index (χ4v) is 1.15. The first kappa shape index (κ1) is 12.1. The van der Waals surface area contributed by atoms with Gasteiger partial charge >= 0.3 is 6.09 Å². The molecule has 0 bridgehead atoms. The number of nitrogens with zero attached hydrogens (tertiary/aromatic N) is 1. The average molecular weight is 215 g/mol. The highest BCUT2D eigenvalue weighted by Gasteiger charge is 2.25. The SMILES string of the molecule is CC(C)(C)OC(=O)/N=C/C1COC[C@@H]1O. The lowest BCUT2D eigenvalue weighted by Crippen LogP contribution is -2.23. The Morgan fingerprint density at radius 3 is 2.67 bits per heavy atom. The van der Waals surface area contributed by atoms with Crippen molar-refractivity contribution in [3.05, 3.63) is 0 Å². The topological polar surface area (TPSA) is 68.1 Å². The van der Waals surface area contributed by atoms with E-state index in [4.69, 9.17) is 9.47 Å². The standard InChI is InChI=1S/C10H17NO4/c1-10(2,3)15-9(13)11-4-7-5-14-6-8(7)12/h4,7-8,12H,5-6H2,1-3H3/b11-4+/t7?,8-/m0/s1. The minimum absolute atomic E-state index is 0.211. The van der Waals surface area contributed by atoms with Crippen LogP contribution >= 0.6 is 0 Å². The second-order valence-corrected chi connectivity index (χ2v) is 4.53. The summed E-state index contributed by atoms with van der Waals surface area (Å²) in [4.78, 5) is 14.8. The van der Waals surface area contributed by atoms with Crippen molar-refractivity contribution >= 4 is 12.3 Å². The van der Waals surface area contributed by atoms with Crippen LogP contribution in [0.2, 0.25) is 0 Å². The highest BCUT2D eigenvalue weighted by Crippen LogP contribution is 2.12. The minimum atomic E-state index is -0.637. The maximum Gasteiger partial charge on any atom is 0.433 e. The van der Waals surface area contributed by atoms with E-state index < -0.39 is 17.8 Å². The number of aliphatic imine (C=N–C) groups is 1. The Morgan fingerprint density at radius 2 is 2.20 bits per heavy atom. The number of ether oxygens (including phenoxy) is 2. The Kier molecular flexibility index (Phi) is 3.82. The van der Waals surface area contributed by atoms with E-state index in [0.717, 1.165) is 0 Å². The molecular formula is C10H17NO4. The minimum Gasteiger partial charge on any atom is -0.442 e. The highest BCUT2D eigenvalue weighted by molar-refractivity contribution is 5.80. The van der Waals surface area contributed by atoms with E-state index in [0.29, 0.717) is 13.2 Å². The largest absolute Gasteiger partial charge is 0.442 e. The third-order valence-corrected chi connectivity index (χ3v) is 1.86. The summed E-state index contributed by atoms with van der Waals surface area (Å²) in [6.45, 7) is 6.01. The molecule has 0 spiro atoms. The quantitative estimate of drug-likeness (QED) is 0.662. The van der Waals surface area contributed by atoms with E-state index in [1.54, 1.807) is 20.8 Å². The van der Waals surface area contributed by atoms with Crippen molar-refractivity contribution in [2.45, 2.75) is 32.5 Å². The van der Waals surface area contributed by atoms with E-state index in [1.165, 1.54) is 6.21 Å². The predicted molar refractivity (Wildman–Crippen MR) is 55.0 cm³/mol. The molecule has 0 radical (unpaired) electrons. The Hall–Kier alpha value is -0.940. The molecule has 1 heterocycles. The Bertz CT molecular complexity index is 257. The second-order valence-electron chi connectivity index (χ2n) is 4.53. The van der Waals surface area contributed by atoms with Crippen molar-refractivity contribution in [3.63, 3.8) is 0 Å². The smallest absolute Gasteiger partial charge is 0.433 e. The lowest BCUT2D eigenvalue weighted by molar-refractivity contribution is 0.0604. The number of rotatable bonds is 1. The number of carbonyl (C=O) groups is 1. The number of hydrogen-bond donors (Lipinski definition) is 1. The fraction of sp³-hybridized carbons (Fsp3) is 0.800. The van der Waals surface area contributed by atoms with Crippen molar-refractivity contribution in [2.24, 2.45) is 10.9 Å². The van der Waals surface area contributed by atoms with Crippen LogP contribution in [0, 0.1) is 5.92 Å². The van der Waals surface area contributed by atoms with Crippen molar-refractivity contribution in [2.75, 3.05) is 13.2 Å². The van der Waals surface area contributed by atoms with Crippen LogP contribution in [0.25, 0.3) is 0 Å². The number of aliphatic hydroxyl groups is 1. The van der Waals surface area contributed by atoms with E-state index in [-0.39, 0.29) is 5.92 Å². The molecule has 1 aliphatic rings. The van der Waals surface area contributed by atoms with Gasteiger partial charge < -0.3 is 14.6 Å². The molecule has 1 aliphatic heterocycles. The van der Waals surface area contributed by atoms with Crippen LogP contribution in [-0.2, 0) is 9.47 Å². The van der Waals surface area contributed by atoms with Crippen molar-refractivity contribution in [3.8, 4) is 0 Å². The van der Waals surface area contributed by atoms with Gasteiger partial charge in [0.15, 0.2) is 0 Å². The number of amides is 1. The van der Waals surface area contributed by atoms with Crippen LogP contribution in [0.15, 0.2) is 4.99 Å². The summed E-state index contributed by atoms with van der Waals surface area (Å²) in [6, 6.07) is 0. The average Bonchev–Trinajstić information content (AvgIpc) is 2.44. The molecule has 15 heavy (non-hydrogen) atoms. The Morgan fingerprint density at radius 1 is 1.53 bits per heavy atom. The van der Waals surface area contributed by atoms with Crippen molar-refractivity contribution in [1.29, 1.82) is 0 Å². The summed E-state index contributed by atoms with van der Waals surface area (Å²) in [6.07, 6.45) is 0.184. The second kappa shape index (κ2) is 4.72. The van der Waals surface area contributed by atoms with Gasteiger partial charge in [-0.15, -0.1) is 0 Å². The summed E-state index contributed by atoms with van der Waals surface area (Å²) >= 11 is 0. The first-order valence-electron chi connectivity index (χ1n) is 4.91. The maximum absolute atomic E-state index is 11.2. The van der Waals surface area contributed by atoms with E-state index >= 15 is 0 Å². The molecule has 1 unspecified atom stereocenters. The first-order valence-corrected chi connectivity index (χ1v) is 4.91. The van der Waals surface area contributed by atoms with Crippen LogP contribution in [-0.4, -0.2) is 42.3 Å². The van der Waals surface area contributed by atoms with Gasteiger partial charge in [-0.1, -0.05) is 0 Å². The molecule has 5 heteroatoms. The van der Waals surface area contributed by atoms with Gasteiger partial charge in [-0.05, 0) is 20.8 Å².